The number of aryl methyl sites for hydroxylation is 1. The fraction of sp³-hybridized carbons (Fsp3) is 0.400. The van der Waals surface area contributed by atoms with Gasteiger partial charge in [0.05, 0.1) is 12.8 Å². The molecule has 3 rings (SSSR count). The van der Waals surface area contributed by atoms with Gasteiger partial charge in [0.25, 0.3) is 5.91 Å². The van der Waals surface area contributed by atoms with Gasteiger partial charge in [-0.3, -0.25) is 4.79 Å². The maximum absolute atomic E-state index is 12.5. The highest BCUT2D eigenvalue weighted by molar-refractivity contribution is 5.92. The Morgan fingerprint density at radius 1 is 1.32 bits per heavy atom. The van der Waals surface area contributed by atoms with Crippen LogP contribution in [0.15, 0.2) is 39.4 Å². The topological polar surface area (TPSA) is 46.6 Å². The Morgan fingerprint density at radius 2 is 2.16 bits per heavy atom. The van der Waals surface area contributed by atoms with E-state index in [0.29, 0.717) is 18.3 Å². The molecule has 0 saturated heterocycles. The highest BCUT2D eigenvalue weighted by Crippen LogP contribution is 2.30. The number of hydrogen-bond acceptors (Lipinski definition) is 3. The minimum absolute atomic E-state index is 0.0430. The lowest BCUT2D eigenvalue weighted by Crippen LogP contribution is -2.32. The monoisotopic (exact) mass is 259 g/mol. The van der Waals surface area contributed by atoms with Crippen LogP contribution in [0.1, 0.15) is 41.8 Å². The molecular formula is C15H17NO3. The van der Waals surface area contributed by atoms with Crippen LogP contribution in [0.5, 0.6) is 0 Å². The molecule has 0 spiro atoms. The fourth-order valence-electron chi connectivity index (χ4n) is 2.15. The van der Waals surface area contributed by atoms with E-state index in [9.17, 15) is 4.79 Å². The van der Waals surface area contributed by atoms with Crippen molar-refractivity contribution in [3.63, 3.8) is 0 Å². The van der Waals surface area contributed by atoms with Crippen LogP contribution in [0, 0.1) is 0 Å². The van der Waals surface area contributed by atoms with Gasteiger partial charge in [-0.2, -0.15) is 0 Å². The second-order valence-corrected chi connectivity index (χ2v) is 4.86. The molecule has 2 aromatic heterocycles. The first-order valence-corrected chi connectivity index (χ1v) is 6.70. The van der Waals surface area contributed by atoms with E-state index in [0.717, 1.165) is 30.8 Å². The Morgan fingerprint density at radius 3 is 2.74 bits per heavy atom. The van der Waals surface area contributed by atoms with E-state index in [2.05, 4.69) is 0 Å². The summed E-state index contributed by atoms with van der Waals surface area (Å²) >= 11 is 0. The van der Waals surface area contributed by atoms with E-state index in [1.54, 1.807) is 12.3 Å². The molecule has 0 atom stereocenters. The zero-order valence-electron chi connectivity index (χ0n) is 11.0. The Labute approximate surface area is 112 Å². The number of nitrogens with zero attached hydrogens (tertiary/aromatic N) is 1. The summed E-state index contributed by atoms with van der Waals surface area (Å²) in [5.41, 5.74) is 0. The quantitative estimate of drug-likeness (QED) is 0.828. The maximum Gasteiger partial charge on any atom is 0.290 e. The van der Waals surface area contributed by atoms with Crippen LogP contribution in [0.25, 0.3) is 0 Å². The predicted octanol–water partition coefficient (Wildman–Crippen LogP) is 3.24. The van der Waals surface area contributed by atoms with Crippen LogP contribution in [-0.4, -0.2) is 16.8 Å². The summed E-state index contributed by atoms with van der Waals surface area (Å²) in [6, 6.07) is 7.69. The number of carbonyl (C=O) groups excluding carboxylic acids is 1. The summed E-state index contributed by atoms with van der Waals surface area (Å²) in [6.07, 6.45) is 4.56. The number of carbonyl (C=O) groups is 1. The summed E-state index contributed by atoms with van der Waals surface area (Å²) < 4.78 is 10.9. The van der Waals surface area contributed by atoms with Crippen molar-refractivity contribution in [1.29, 1.82) is 0 Å². The van der Waals surface area contributed by atoms with E-state index < -0.39 is 0 Å². The van der Waals surface area contributed by atoms with Crippen LogP contribution >= 0.6 is 0 Å². The number of amides is 1. The Bertz CT molecular complexity index is 552. The zero-order chi connectivity index (χ0) is 13.2. The molecule has 0 unspecified atom stereocenters. The number of hydrogen-bond donors (Lipinski definition) is 0. The van der Waals surface area contributed by atoms with Gasteiger partial charge in [-0.15, -0.1) is 0 Å². The summed E-state index contributed by atoms with van der Waals surface area (Å²) in [7, 11) is 0. The van der Waals surface area contributed by atoms with Gasteiger partial charge in [-0.05, 0) is 37.1 Å². The van der Waals surface area contributed by atoms with Gasteiger partial charge in [-0.25, -0.2) is 0 Å². The third kappa shape index (κ3) is 2.57. The second kappa shape index (κ2) is 4.96. The first-order valence-electron chi connectivity index (χ1n) is 6.70. The minimum Gasteiger partial charge on any atom is -0.467 e. The molecule has 1 amide bonds. The molecule has 1 aliphatic rings. The first kappa shape index (κ1) is 12.1. The predicted molar refractivity (Wildman–Crippen MR) is 69.7 cm³/mol. The molecule has 100 valence electrons. The molecule has 0 aliphatic heterocycles. The van der Waals surface area contributed by atoms with Crippen molar-refractivity contribution in [2.45, 2.75) is 38.8 Å². The van der Waals surface area contributed by atoms with Crippen LogP contribution in [0.4, 0.5) is 0 Å². The van der Waals surface area contributed by atoms with Gasteiger partial charge in [0.15, 0.2) is 5.76 Å². The van der Waals surface area contributed by atoms with Crippen molar-refractivity contribution in [3.05, 3.63) is 47.8 Å². The highest BCUT2D eigenvalue weighted by atomic mass is 16.4. The molecule has 2 heterocycles. The van der Waals surface area contributed by atoms with Crippen molar-refractivity contribution in [1.82, 2.24) is 4.90 Å². The SMILES string of the molecule is CCc1ccc(C(=O)N(Cc2ccco2)C2CC2)o1. The normalized spacial score (nSPS) is 14.6. The molecule has 19 heavy (non-hydrogen) atoms. The molecule has 1 fully saturated rings. The molecule has 2 aromatic rings. The van der Waals surface area contributed by atoms with E-state index in [4.69, 9.17) is 8.83 Å². The molecule has 0 N–H and O–H groups in total. The van der Waals surface area contributed by atoms with Gasteiger partial charge >= 0.3 is 0 Å². The Hall–Kier alpha value is -1.97. The van der Waals surface area contributed by atoms with E-state index in [1.165, 1.54) is 0 Å². The van der Waals surface area contributed by atoms with Crippen molar-refractivity contribution in [3.8, 4) is 0 Å². The molecule has 0 radical (unpaired) electrons. The second-order valence-electron chi connectivity index (χ2n) is 4.86. The van der Waals surface area contributed by atoms with Gasteiger partial charge in [-0.1, -0.05) is 6.92 Å². The van der Waals surface area contributed by atoms with E-state index in [-0.39, 0.29) is 5.91 Å². The number of rotatable bonds is 5. The highest BCUT2D eigenvalue weighted by Gasteiger charge is 2.34. The Kier molecular flexibility index (Phi) is 3.15. The van der Waals surface area contributed by atoms with Crippen LogP contribution < -0.4 is 0 Å². The molecule has 1 aliphatic carbocycles. The first-order chi connectivity index (χ1) is 9.28. The molecule has 0 bridgehead atoms. The lowest BCUT2D eigenvalue weighted by molar-refractivity contribution is 0.0683. The summed E-state index contributed by atoms with van der Waals surface area (Å²) in [5.74, 6) is 2.04. The molecule has 1 saturated carbocycles. The van der Waals surface area contributed by atoms with Crippen molar-refractivity contribution in [2.75, 3.05) is 0 Å². The van der Waals surface area contributed by atoms with Gasteiger partial charge in [0.1, 0.15) is 11.5 Å². The minimum atomic E-state index is -0.0430. The molecule has 4 heteroatoms. The summed E-state index contributed by atoms with van der Waals surface area (Å²) in [6.45, 7) is 2.52. The van der Waals surface area contributed by atoms with Crippen molar-refractivity contribution >= 4 is 5.91 Å². The van der Waals surface area contributed by atoms with Crippen molar-refractivity contribution < 1.29 is 13.6 Å². The third-order valence-corrected chi connectivity index (χ3v) is 3.38. The van der Waals surface area contributed by atoms with Gasteiger partial charge < -0.3 is 13.7 Å². The lowest BCUT2D eigenvalue weighted by atomic mass is 10.3. The maximum atomic E-state index is 12.5. The van der Waals surface area contributed by atoms with Gasteiger partial charge in [0, 0.05) is 12.5 Å². The van der Waals surface area contributed by atoms with E-state index >= 15 is 0 Å². The summed E-state index contributed by atoms with van der Waals surface area (Å²) in [4.78, 5) is 14.3. The lowest BCUT2D eigenvalue weighted by Gasteiger charge is -2.19. The van der Waals surface area contributed by atoms with Crippen LogP contribution in [-0.2, 0) is 13.0 Å². The fourth-order valence-corrected chi connectivity index (χ4v) is 2.15. The average molecular weight is 259 g/mol. The average Bonchev–Trinajstić information content (AvgIpc) is 2.95. The van der Waals surface area contributed by atoms with E-state index in [1.807, 2.05) is 30.0 Å². The largest absolute Gasteiger partial charge is 0.467 e. The van der Waals surface area contributed by atoms with Crippen molar-refractivity contribution in [2.24, 2.45) is 0 Å². The van der Waals surface area contributed by atoms with Crippen LogP contribution in [0.2, 0.25) is 0 Å². The van der Waals surface area contributed by atoms with Crippen LogP contribution in [0.3, 0.4) is 0 Å². The standard InChI is InChI=1S/C15H17NO3/c1-2-12-7-8-14(19-12)15(17)16(11-5-6-11)10-13-4-3-9-18-13/h3-4,7-9,11H,2,5-6,10H2,1H3. The number of furan rings is 2. The Balaban J connectivity index is 1.77. The third-order valence-electron chi connectivity index (χ3n) is 3.38. The molecular weight excluding hydrogens is 242 g/mol. The molecule has 4 nitrogen and oxygen atoms in total. The zero-order valence-corrected chi connectivity index (χ0v) is 11.0. The van der Waals surface area contributed by atoms with Gasteiger partial charge in [0.2, 0.25) is 0 Å². The smallest absolute Gasteiger partial charge is 0.290 e. The summed E-state index contributed by atoms with van der Waals surface area (Å²) in [5, 5.41) is 0. The molecule has 0 aromatic carbocycles.